The number of ketones is 2. The number of carbonyl (C=O) groups is 2. The van der Waals surface area contributed by atoms with Gasteiger partial charge in [-0.25, -0.2) is 0 Å². The molecule has 1 rings (SSSR count). The van der Waals surface area contributed by atoms with Crippen molar-refractivity contribution in [3.63, 3.8) is 0 Å². The zero-order valence-electron chi connectivity index (χ0n) is 7.21. The van der Waals surface area contributed by atoms with E-state index in [9.17, 15) is 9.59 Å². The summed E-state index contributed by atoms with van der Waals surface area (Å²) >= 11 is 0. The Morgan fingerprint density at radius 3 is 2.92 bits per heavy atom. The maximum Gasteiger partial charge on any atom is 0.143 e. The standard InChI is InChI=1S/C10H14O2/c1-2-4-8-5-3-6-9(11)7-10(8)12/h2,8H,1,3-7H2. The fourth-order valence-corrected chi connectivity index (χ4v) is 1.58. The summed E-state index contributed by atoms with van der Waals surface area (Å²) in [6.07, 6.45) is 4.95. The first-order valence-electron chi connectivity index (χ1n) is 4.39. The van der Waals surface area contributed by atoms with Gasteiger partial charge in [0.1, 0.15) is 11.6 Å². The zero-order valence-corrected chi connectivity index (χ0v) is 7.21. The fraction of sp³-hybridized carbons (Fsp3) is 0.600. The smallest absolute Gasteiger partial charge is 0.143 e. The van der Waals surface area contributed by atoms with Gasteiger partial charge in [-0.2, -0.15) is 0 Å². The first kappa shape index (κ1) is 9.17. The zero-order chi connectivity index (χ0) is 8.97. The van der Waals surface area contributed by atoms with E-state index >= 15 is 0 Å². The molecule has 0 N–H and O–H groups in total. The van der Waals surface area contributed by atoms with Gasteiger partial charge in [0.05, 0.1) is 6.42 Å². The van der Waals surface area contributed by atoms with Gasteiger partial charge in [0.25, 0.3) is 0 Å². The number of carbonyl (C=O) groups excluding carboxylic acids is 2. The van der Waals surface area contributed by atoms with Crippen molar-refractivity contribution >= 4 is 11.6 Å². The molecule has 0 aliphatic heterocycles. The lowest BCUT2D eigenvalue weighted by Gasteiger charge is -2.07. The highest BCUT2D eigenvalue weighted by Crippen LogP contribution is 2.20. The van der Waals surface area contributed by atoms with Gasteiger partial charge in [-0.3, -0.25) is 9.59 Å². The Hall–Kier alpha value is -0.920. The van der Waals surface area contributed by atoms with Gasteiger partial charge in [0.15, 0.2) is 0 Å². The molecule has 0 saturated heterocycles. The van der Waals surface area contributed by atoms with Crippen LogP contribution in [0.1, 0.15) is 32.1 Å². The van der Waals surface area contributed by atoms with Gasteiger partial charge in [-0.15, -0.1) is 6.58 Å². The van der Waals surface area contributed by atoms with E-state index in [1.807, 2.05) is 0 Å². The van der Waals surface area contributed by atoms with Gasteiger partial charge < -0.3 is 0 Å². The molecule has 1 aliphatic carbocycles. The second kappa shape index (κ2) is 4.19. The van der Waals surface area contributed by atoms with Gasteiger partial charge in [0, 0.05) is 12.3 Å². The number of rotatable bonds is 2. The predicted octanol–water partition coefficient (Wildman–Crippen LogP) is 1.89. The van der Waals surface area contributed by atoms with Crippen LogP contribution in [0.2, 0.25) is 0 Å². The van der Waals surface area contributed by atoms with Crippen molar-refractivity contribution in [1.29, 1.82) is 0 Å². The molecular weight excluding hydrogens is 152 g/mol. The van der Waals surface area contributed by atoms with E-state index in [1.54, 1.807) is 6.08 Å². The van der Waals surface area contributed by atoms with Crippen LogP contribution in [-0.4, -0.2) is 11.6 Å². The third kappa shape index (κ3) is 2.29. The highest BCUT2D eigenvalue weighted by molar-refractivity contribution is 6.00. The Labute approximate surface area is 72.7 Å². The van der Waals surface area contributed by atoms with Crippen LogP contribution in [-0.2, 0) is 9.59 Å². The number of allylic oxidation sites excluding steroid dienone is 1. The summed E-state index contributed by atoms with van der Waals surface area (Å²) in [5.74, 6) is 0.276. The van der Waals surface area contributed by atoms with Crippen LogP contribution in [0, 0.1) is 5.92 Å². The minimum Gasteiger partial charge on any atom is -0.299 e. The quantitative estimate of drug-likeness (QED) is 0.356. The van der Waals surface area contributed by atoms with E-state index in [1.165, 1.54) is 0 Å². The summed E-state index contributed by atoms with van der Waals surface area (Å²) < 4.78 is 0. The molecule has 0 radical (unpaired) electrons. The summed E-state index contributed by atoms with van der Waals surface area (Å²) in [4.78, 5) is 22.3. The van der Waals surface area contributed by atoms with E-state index in [0.29, 0.717) is 6.42 Å². The normalized spacial score (nSPS) is 25.2. The molecule has 12 heavy (non-hydrogen) atoms. The second-order valence-electron chi connectivity index (χ2n) is 3.30. The number of hydrogen-bond acceptors (Lipinski definition) is 2. The maximum atomic E-state index is 11.3. The monoisotopic (exact) mass is 166 g/mol. The molecule has 1 aliphatic rings. The van der Waals surface area contributed by atoms with Crippen molar-refractivity contribution in [3.05, 3.63) is 12.7 Å². The molecule has 2 heteroatoms. The van der Waals surface area contributed by atoms with Crippen molar-refractivity contribution in [2.24, 2.45) is 5.92 Å². The average Bonchev–Trinajstić information content (AvgIpc) is 2.15. The number of Topliss-reactive ketones (excluding diaryl/α,β-unsaturated/α-hetero) is 2. The molecule has 0 aromatic rings. The van der Waals surface area contributed by atoms with Crippen LogP contribution >= 0.6 is 0 Å². The molecule has 0 bridgehead atoms. The SMILES string of the molecule is C=CCC1CCCC(=O)CC1=O. The first-order chi connectivity index (χ1) is 5.74. The second-order valence-corrected chi connectivity index (χ2v) is 3.30. The Morgan fingerprint density at radius 2 is 2.25 bits per heavy atom. The van der Waals surface area contributed by atoms with Crippen LogP contribution in [0.15, 0.2) is 12.7 Å². The van der Waals surface area contributed by atoms with Crippen LogP contribution in [0.5, 0.6) is 0 Å². The lowest BCUT2D eigenvalue weighted by atomic mass is 9.95. The van der Waals surface area contributed by atoms with Crippen molar-refractivity contribution in [1.82, 2.24) is 0 Å². The molecule has 1 fully saturated rings. The molecule has 66 valence electrons. The van der Waals surface area contributed by atoms with Gasteiger partial charge in [0.2, 0.25) is 0 Å². The lowest BCUT2D eigenvalue weighted by Crippen LogP contribution is -2.13. The molecule has 0 spiro atoms. The Morgan fingerprint density at radius 1 is 1.50 bits per heavy atom. The van der Waals surface area contributed by atoms with Crippen LogP contribution in [0.3, 0.4) is 0 Å². The minimum atomic E-state index is 0.0638. The van der Waals surface area contributed by atoms with E-state index in [-0.39, 0.29) is 23.9 Å². The molecule has 2 nitrogen and oxygen atoms in total. The Balaban J connectivity index is 2.57. The molecule has 0 aromatic carbocycles. The highest BCUT2D eigenvalue weighted by atomic mass is 16.1. The van der Waals surface area contributed by atoms with Crippen molar-refractivity contribution < 1.29 is 9.59 Å². The molecule has 0 aromatic heterocycles. The predicted molar refractivity (Wildman–Crippen MR) is 46.8 cm³/mol. The molecular formula is C10H14O2. The van der Waals surface area contributed by atoms with Crippen molar-refractivity contribution in [2.75, 3.05) is 0 Å². The number of hydrogen-bond donors (Lipinski definition) is 0. The summed E-state index contributed by atoms with van der Waals surface area (Å²) in [5, 5.41) is 0. The van der Waals surface area contributed by atoms with E-state index in [2.05, 4.69) is 6.58 Å². The van der Waals surface area contributed by atoms with Crippen molar-refractivity contribution in [3.8, 4) is 0 Å². The highest BCUT2D eigenvalue weighted by Gasteiger charge is 2.23. The summed E-state index contributed by atoms with van der Waals surface area (Å²) in [6.45, 7) is 3.60. The van der Waals surface area contributed by atoms with Gasteiger partial charge in [-0.1, -0.05) is 6.08 Å². The van der Waals surface area contributed by atoms with Gasteiger partial charge in [-0.05, 0) is 19.3 Å². The summed E-state index contributed by atoms with van der Waals surface area (Å²) in [7, 11) is 0. The summed E-state index contributed by atoms with van der Waals surface area (Å²) in [5.41, 5.74) is 0. The maximum absolute atomic E-state index is 11.3. The fourth-order valence-electron chi connectivity index (χ4n) is 1.58. The topological polar surface area (TPSA) is 34.1 Å². The molecule has 0 amide bonds. The van der Waals surface area contributed by atoms with Crippen LogP contribution < -0.4 is 0 Å². The third-order valence-electron chi connectivity index (χ3n) is 2.29. The van der Waals surface area contributed by atoms with Crippen LogP contribution in [0.4, 0.5) is 0 Å². The molecule has 0 heterocycles. The first-order valence-corrected chi connectivity index (χ1v) is 4.39. The van der Waals surface area contributed by atoms with Gasteiger partial charge >= 0.3 is 0 Å². The third-order valence-corrected chi connectivity index (χ3v) is 2.29. The minimum absolute atomic E-state index is 0.0638. The molecule has 1 unspecified atom stereocenters. The van der Waals surface area contributed by atoms with E-state index < -0.39 is 0 Å². The Kier molecular flexibility index (Phi) is 3.20. The summed E-state index contributed by atoms with van der Waals surface area (Å²) in [6, 6.07) is 0. The largest absolute Gasteiger partial charge is 0.299 e. The van der Waals surface area contributed by atoms with Crippen molar-refractivity contribution in [2.45, 2.75) is 32.1 Å². The molecule has 1 saturated carbocycles. The van der Waals surface area contributed by atoms with E-state index in [0.717, 1.165) is 19.3 Å². The van der Waals surface area contributed by atoms with E-state index in [4.69, 9.17) is 0 Å². The molecule has 1 atom stereocenters. The van der Waals surface area contributed by atoms with Crippen LogP contribution in [0.25, 0.3) is 0 Å². The lowest BCUT2D eigenvalue weighted by molar-refractivity contribution is -0.128. The Bertz CT molecular complexity index is 206. The average molecular weight is 166 g/mol.